The van der Waals surface area contributed by atoms with Crippen LogP contribution >= 0.6 is 0 Å². The largest absolute Gasteiger partial charge is 0.490 e. The maximum Gasteiger partial charge on any atom is 0.161 e. The second-order valence-electron chi connectivity index (χ2n) is 9.51. The normalized spacial score (nSPS) is 22.2. The van der Waals surface area contributed by atoms with Gasteiger partial charge in [-0.2, -0.15) is 5.10 Å². The molecule has 1 aliphatic heterocycles. The Morgan fingerprint density at radius 1 is 0.900 bits per heavy atom. The van der Waals surface area contributed by atoms with Crippen LogP contribution in [0.25, 0.3) is 5.69 Å². The lowest BCUT2D eigenvalue weighted by molar-refractivity contribution is 0.0883. The minimum atomic E-state index is -0.221. The van der Waals surface area contributed by atoms with Crippen LogP contribution in [0.2, 0.25) is 0 Å². The molecule has 5 rings (SSSR count). The van der Waals surface area contributed by atoms with Crippen LogP contribution in [0, 0.1) is 11.7 Å². The predicted octanol–water partition coefficient (Wildman–Crippen LogP) is 5.70. The van der Waals surface area contributed by atoms with Gasteiger partial charge < -0.3 is 9.64 Å². The predicted molar refractivity (Wildman–Crippen MR) is 117 cm³/mol. The molecular formula is C25H34FN3O. The average Bonchev–Trinajstić information content (AvgIpc) is 3.16. The fraction of sp³-hybridized carbons (Fsp3) is 0.640. The number of hydrogen-bond donors (Lipinski definition) is 0. The highest BCUT2D eigenvalue weighted by molar-refractivity contribution is 5.37. The summed E-state index contributed by atoms with van der Waals surface area (Å²) in [7, 11) is 0. The number of nitrogens with zero attached hydrogens (tertiary/aromatic N) is 3. The third-order valence-electron chi connectivity index (χ3n) is 7.51. The number of rotatable bonds is 6. The van der Waals surface area contributed by atoms with E-state index in [0.29, 0.717) is 11.8 Å². The monoisotopic (exact) mass is 411 g/mol. The molecule has 0 bridgehead atoms. The molecule has 2 heterocycles. The lowest BCUT2D eigenvalue weighted by Gasteiger charge is -2.39. The molecule has 4 nitrogen and oxygen atoms in total. The summed E-state index contributed by atoms with van der Waals surface area (Å²) < 4.78 is 21.5. The van der Waals surface area contributed by atoms with Gasteiger partial charge in [-0.3, -0.25) is 0 Å². The summed E-state index contributed by atoms with van der Waals surface area (Å²) in [6.07, 6.45) is 15.2. The molecule has 1 saturated heterocycles. The van der Waals surface area contributed by atoms with E-state index < -0.39 is 0 Å². The number of likely N-dealkylation sites (tertiary alicyclic amines) is 1. The number of hydrogen-bond acceptors (Lipinski definition) is 3. The fourth-order valence-corrected chi connectivity index (χ4v) is 5.31. The quantitative estimate of drug-likeness (QED) is 0.611. The molecule has 0 spiro atoms. The number of piperidine rings is 1. The van der Waals surface area contributed by atoms with Gasteiger partial charge in [-0.15, -0.1) is 0 Å². The summed E-state index contributed by atoms with van der Waals surface area (Å²) in [6.45, 7) is 3.24. The summed E-state index contributed by atoms with van der Waals surface area (Å²) in [5.74, 6) is 1.85. The molecule has 0 unspecified atom stereocenters. The minimum absolute atomic E-state index is 0.221. The van der Waals surface area contributed by atoms with Gasteiger partial charge >= 0.3 is 0 Å². The van der Waals surface area contributed by atoms with Crippen LogP contribution < -0.4 is 4.74 Å². The van der Waals surface area contributed by atoms with Crippen molar-refractivity contribution in [1.82, 2.24) is 14.7 Å². The van der Waals surface area contributed by atoms with E-state index in [-0.39, 0.29) is 5.82 Å². The third kappa shape index (κ3) is 4.41. The Bertz CT molecular complexity index is 815. The van der Waals surface area contributed by atoms with Crippen molar-refractivity contribution in [3.05, 3.63) is 42.0 Å². The van der Waals surface area contributed by atoms with Gasteiger partial charge in [0.05, 0.1) is 18.5 Å². The molecule has 162 valence electrons. The van der Waals surface area contributed by atoms with Gasteiger partial charge in [-0.25, -0.2) is 9.07 Å². The van der Waals surface area contributed by atoms with Gasteiger partial charge in [-0.1, -0.05) is 25.7 Å². The highest BCUT2D eigenvalue weighted by atomic mass is 19.1. The number of benzene rings is 1. The molecule has 1 aromatic carbocycles. The first-order valence-electron chi connectivity index (χ1n) is 12.0. The lowest BCUT2D eigenvalue weighted by atomic mass is 9.83. The fourth-order valence-electron chi connectivity index (χ4n) is 5.31. The van der Waals surface area contributed by atoms with E-state index in [2.05, 4.69) is 4.90 Å². The minimum Gasteiger partial charge on any atom is -0.490 e. The lowest BCUT2D eigenvalue weighted by Crippen LogP contribution is -2.43. The highest BCUT2D eigenvalue weighted by Gasteiger charge is 2.29. The Balaban J connectivity index is 1.21. The zero-order valence-electron chi connectivity index (χ0n) is 17.9. The Morgan fingerprint density at radius 3 is 2.30 bits per heavy atom. The van der Waals surface area contributed by atoms with Gasteiger partial charge in [0.25, 0.3) is 0 Å². The van der Waals surface area contributed by atoms with Gasteiger partial charge in [0.2, 0.25) is 0 Å². The molecule has 0 radical (unpaired) electrons. The topological polar surface area (TPSA) is 30.3 Å². The Morgan fingerprint density at radius 2 is 1.63 bits per heavy atom. The van der Waals surface area contributed by atoms with E-state index in [1.165, 1.54) is 89.4 Å². The molecule has 1 aromatic heterocycles. The van der Waals surface area contributed by atoms with Crippen molar-refractivity contribution in [3.63, 3.8) is 0 Å². The molecule has 30 heavy (non-hydrogen) atoms. The van der Waals surface area contributed by atoms with Crippen molar-refractivity contribution in [3.8, 4) is 11.4 Å². The first-order chi connectivity index (χ1) is 14.8. The van der Waals surface area contributed by atoms with Gasteiger partial charge in [0, 0.05) is 12.0 Å². The summed E-state index contributed by atoms with van der Waals surface area (Å²) in [6, 6.07) is 7.36. The standard InChI is InChI=1S/C25H34FN3O/c26-21-9-11-23(12-10-21)29-17-24(25(27-29)20-5-4-6-20)30-18-19-13-15-28(16-14-19)22-7-2-1-3-8-22/h9-12,17,19-20,22H,1-8,13-16,18H2. The smallest absolute Gasteiger partial charge is 0.161 e. The zero-order chi connectivity index (χ0) is 20.3. The first-order valence-corrected chi connectivity index (χ1v) is 12.0. The molecule has 0 atom stereocenters. The van der Waals surface area contributed by atoms with Gasteiger partial charge in [-0.05, 0) is 81.8 Å². The van der Waals surface area contributed by atoms with Crippen molar-refractivity contribution in [2.75, 3.05) is 19.7 Å². The van der Waals surface area contributed by atoms with Crippen LogP contribution in [0.1, 0.15) is 75.8 Å². The average molecular weight is 412 g/mol. The Hall–Kier alpha value is -1.88. The molecule has 5 heteroatoms. The maximum absolute atomic E-state index is 13.3. The van der Waals surface area contributed by atoms with Crippen LogP contribution in [0.3, 0.4) is 0 Å². The molecule has 2 saturated carbocycles. The Labute approximate surface area is 179 Å². The van der Waals surface area contributed by atoms with E-state index in [1.807, 2.05) is 10.9 Å². The highest BCUT2D eigenvalue weighted by Crippen LogP contribution is 2.40. The van der Waals surface area contributed by atoms with Crippen LogP contribution in [0.4, 0.5) is 4.39 Å². The van der Waals surface area contributed by atoms with Crippen molar-refractivity contribution in [2.45, 2.75) is 76.2 Å². The molecule has 0 amide bonds. The summed E-state index contributed by atoms with van der Waals surface area (Å²) in [4.78, 5) is 2.74. The zero-order valence-corrected chi connectivity index (χ0v) is 17.9. The van der Waals surface area contributed by atoms with E-state index in [1.54, 1.807) is 12.1 Å². The number of halogens is 1. The van der Waals surface area contributed by atoms with Gasteiger partial charge in [0.1, 0.15) is 11.5 Å². The van der Waals surface area contributed by atoms with Crippen LogP contribution in [-0.2, 0) is 0 Å². The second-order valence-corrected chi connectivity index (χ2v) is 9.51. The summed E-state index contributed by atoms with van der Waals surface area (Å²) in [5.41, 5.74) is 1.97. The van der Waals surface area contributed by atoms with E-state index >= 15 is 0 Å². The Kier molecular flexibility index (Phi) is 6.07. The number of aromatic nitrogens is 2. The molecular weight excluding hydrogens is 377 g/mol. The van der Waals surface area contributed by atoms with Crippen molar-refractivity contribution in [1.29, 1.82) is 0 Å². The molecule has 0 N–H and O–H groups in total. The first kappa shape index (κ1) is 20.0. The molecule has 3 fully saturated rings. The SMILES string of the molecule is Fc1ccc(-n2cc(OCC3CCN(C4CCCCC4)CC3)c(C3CCC3)n2)cc1. The van der Waals surface area contributed by atoms with Crippen molar-refractivity contribution < 1.29 is 9.13 Å². The van der Waals surface area contributed by atoms with E-state index in [4.69, 9.17) is 9.84 Å². The van der Waals surface area contributed by atoms with Crippen LogP contribution in [0.15, 0.2) is 30.5 Å². The van der Waals surface area contributed by atoms with Crippen molar-refractivity contribution >= 4 is 0 Å². The maximum atomic E-state index is 13.3. The molecule has 3 aliphatic rings. The second kappa shape index (κ2) is 9.09. The van der Waals surface area contributed by atoms with Gasteiger partial charge in [0.15, 0.2) is 5.75 Å². The number of ether oxygens (including phenoxy) is 1. The van der Waals surface area contributed by atoms with E-state index in [0.717, 1.165) is 29.8 Å². The molecule has 2 aromatic rings. The molecule has 2 aliphatic carbocycles. The van der Waals surface area contributed by atoms with Crippen molar-refractivity contribution in [2.24, 2.45) is 5.92 Å². The van der Waals surface area contributed by atoms with Crippen LogP contribution in [-0.4, -0.2) is 40.4 Å². The van der Waals surface area contributed by atoms with Crippen LogP contribution in [0.5, 0.6) is 5.75 Å². The summed E-state index contributed by atoms with van der Waals surface area (Å²) in [5, 5.41) is 4.83. The third-order valence-corrected chi connectivity index (χ3v) is 7.51. The van der Waals surface area contributed by atoms with E-state index in [9.17, 15) is 4.39 Å². The summed E-state index contributed by atoms with van der Waals surface area (Å²) >= 11 is 0.